The van der Waals surface area contributed by atoms with E-state index in [2.05, 4.69) is 39.9 Å². The molecule has 4 rings (SSSR count). The summed E-state index contributed by atoms with van der Waals surface area (Å²) in [5.74, 6) is 0.0899. The smallest absolute Gasteiger partial charge is 0.267 e. The van der Waals surface area contributed by atoms with E-state index in [0.29, 0.717) is 15.0 Å². The van der Waals surface area contributed by atoms with Crippen molar-refractivity contribution in [2.24, 2.45) is 5.92 Å². The lowest BCUT2D eigenvalue weighted by molar-refractivity contribution is -0.117. The molecule has 1 aromatic carbocycles. The number of carbonyl (C=O) groups is 2. The summed E-state index contributed by atoms with van der Waals surface area (Å²) in [6.45, 7) is 2.11. The lowest BCUT2D eigenvalue weighted by Crippen LogP contribution is -2.12. The molecule has 2 amide bonds. The van der Waals surface area contributed by atoms with Crippen molar-refractivity contribution < 1.29 is 9.59 Å². The van der Waals surface area contributed by atoms with Crippen LogP contribution in [0.3, 0.4) is 0 Å². The summed E-state index contributed by atoms with van der Waals surface area (Å²) in [7, 11) is 0. The Balaban J connectivity index is 1.41. The molecular weight excluding hydrogens is 392 g/mol. The van der Waals surface area contributed by atoms with Crippen LogP contribution in [0.1, 0.15) is 52.3 Å². The molecule has 0 saturated heterocycles. The van der Waals surface area contributed by atoms with Crippen LogP contribution in [0.25, 0.3) is 0 Å². The van der Waals surface area contributed by atoms with E-state index < -0.39 is 0 Å². The predicted octanol–water partition coefficient (Wildman–Crippen LogP) is 4.74. The third-order valence-corrected chi connectivity index (χ3v) is 6.55. The van der Waals surface area contributed by atoms with Gasteiger partial charge in [0.2, 0.25) is 11.0 Å². The molecule has 2 aromatic heterocycles. The van der Waals surface area contributed by atoms with Crippen LogP contribution in [0.2, 0.25) is 0 Å². The summed E-state index contributed by atoms with van der Waals surface area (Å²) in [5.41, 5.74) is 1.19. The fourth-order valence-corrected chi connectivity index (χ4v) is 4.67. The fraction of sp³-hybridized carbons (Fsp3) is 0.300. The Morgan fingerprint density at radius 1 is 1.07 bits per heavy atom. The van der Waals surface area contributed by atoms with Crippen molar-refractivity contribution in [2.45, 2.75) is 32.1 Å². The molecular formula is C20H20N4O2S2. The third-order valence-electron chi connectivity index (χ3n) is 4.59. The van der Waals surface area contributed by atoms with E-state index in [1.807, 2.05) is 18.2 Å². The first-order valence-corrected chi connectivity index (χ1v) is 10.9. The molecule has 1 unspecified atom stereocenters. The first kappa shape index (κ1) is 18.8. The lowest BCUT2D eigenvalue weighted by Gasteiger charge is -2.10. The third kappa shape index (κ3) is 4.28. The number of hydrogen-bond donors (Lipinski definition) is 2. The molecule has 1 saturated carbocycles. The molecule has 1 aliphatic rings. The van der Waals surface area contributed by atoms with Gasteiger partial charge in [0.05, 0.1) is 9.88 Å². The van der Waals surface area contributed by atoms with Gasteiger partial charge in [-0.15, -0.1) is 21.5 Å². The quantitative estimate of drug-likeness (QED) is 0.587. The second kappa shape index (κ2) is 8.20. The van der Waals surface area contributed by atoms with E-state index in [9.17, 15) is 9.59 Å². The van der Waals surface area contributed by atoms with Gasteiger partial charge in [0.15, 0.2) is 0 Å². The fourth-order valence-electron chi connectivity index (χ4n) is 2.92. The van der Waals surface area contributed by atoms with Crippen molar-refractivity contribution in [3.63, 3.8) is 0 Å². The second-order valence-electron chi connectivity index (χ2n) is 6.70. The Kier molecular flexibility index (Phi) is 5.50. The molecule has 1 fully saturated rings. The Labute approximate surface area is 171 Å². The number of nitrogens with one attached hydrogen (secondary N) is 2. The topological polar surface area (TPSA) is 84.0 Å². The standard InChI is InChI=1S/C20H20N4O2S2/c1-2-14(12-6-4-3-5-7-12)19-23-24-20(28-19)22-18(26)15-10-11-16(27-15)21-17(25)13-8-9-13/h3-7,10-11,13-14H,2,8-9H2,1H3,(H,21,25)(H,22,24,26). The first-order chi connectivity index (χ1) is 13.6. The van der Waals surface area contributed by atoms with E-state index >= 15 is 0 Å². The molecule has 2 N–H and O–H groups in total. The average Bonchev–Trinajstić information content (AvgIpc) is 3.30. The normalized spacial score (nSPS) is 14.5. The van der Waals surface area contributed by atoms with E-state index in [0.717, 1.165) is 24.3 Å². The van der Waals surface area contributed by atoms with Gasteiger partial charge in [0, 0.05) is 11.8 Å². The summed E-state index contributed by atoms with van der Waals surface area (Å²) in [6, 6.07) is 13.6. The molecule has 6 nitrogen and oxygen atoms in total. The van der Waals surface area contributed by atoms with Gasteiger partial charge in [0.1, 0.15) is 5.01 Å². The number of rotatable bonds is 7. The molecule has 0 radical (unpaired) electrons. The van der Waals surface area contributed by atoms with Crippen molar-refractivity contribution in [2.75, 3.05) is 10.6 Å². The molecule has 2 heterocycles. The van der Waals surface area contributed by atoms with Crippen LogP contribution in [-0.2, 0) is 4.79 Å². The highest BCUT2D eigenvalue weighted by Crippen LogP contribution is 2.33. The van der Waals surface area contributed by atoms with Crippen LogP contribution < -0.4 is 10.6 Å². The van der Waals surface area contributed by atoms with Crippen LogP contribution in [0, 0.1) is 5.92 Å². The van der Waals surface area contributed by atoms with Crippen molar-refractivity contribution in [3.05, 3.63) is 57.9 Å². The number of thiophene rings is 1. The molecule has 3 aromatic rings. The van der Waals surface area contributed by atoms with Gasteiger partial charge < -0.3 is 5.32 Å². The minimum absolute atomic E-state index is 0.0362. The summed E-state index contributed by atoms with van der Waals surface area (Å²) >= 11 is 2.65. The Hall–Kier alpha value is -2.58. The second-order valence-corrected chi connectivity index (χ2v) is 8.79. The van der Waals surface area contributed by atoms with Crippen molar-refractivity contribution in [1.82, 2.24) is 10.2 Å². The molecule has 144 valence electrons. The van der Waals surface area contributed by atoms with Gasteiger partial charge in [-0.2, -0.15) is 0 Å². The van der Waals surface area contributed by atoms with E-state index in [1.54, 1.807) is 12.1 Å². The van der Waals surface area contributed by atoms with E-state index in [4.69, 9.17) is 0 Å². The highest BCUT2D eigenvalue weighted by Gasteiger charge is 2.30. The number of benzene rings is 1. The zero-order chi connectivity index (χ0) is 19.5. The van der Waals surface area contributed by atoms with Crippen LogP contribution in [0.5, 0.6) is 0 Å². The Morgan fingerprint density at radius 2 is 1.86 bits per heavy atom. The molecule has 0 spiro atoms. The van der Waals surface area contributed by atoms with Crippen LogP contribution in [-0.4, -0.2) is 22.0 Å². The molecule has 1 aliphatic carbocycles. The van der Waals surface area contributed by atoms with Gasteiger partial charge in [-0.05, 0) is 37.0 Å². The molecule has 28 heavy (non-hydrogen) atoms. The largest absolute Gasteiger partial charge is 0.317 e. The molecule has 1 atom stereocenters. The van der Waals surface area contributed by atoms with Gasteiger partial charge in [-0.1, -0.05) is 48.6 Å². The van der Waals surface area contributed by atoms with E-state index in [-0.39, 0.29) is 23.7 Å². The first-order valence-electron chi connectivity index (χ1n) is 9.24. The summed E-state index contributed by atoms with van der Waals surface area (Å²) in [5, 5.41) is 16.1. The monoisotopic (exact) mass is 412 g/mol. The van der Waals surface area contributed by atoms with Gasteiger partial charge in [0.25, 0.3) is 5.91 Å². The number of anilines is 2. The van der Waals surface area contributed by atoms with Crippen LogP contribution in [0.15, 0.2) is 42.5 Å². The minimum Gasteiger partial charge on any atom is -0.317 e. The predicted molar refractivity (Wildman–Crippen MR) is 112 cm³/mol. The molecule has 8 heteroatoms. The molecule has 0 bridgehead atoms. The summed E-state index contributed by atoms with van der Waals surface area (Å²) < 4.78 is 0. The maximum Gasteiger partial charge on any atom is 0.267 e. The number of hydrogen-bond acceptors (Lipinski definition) is 6. The Bertz CT molecular complexity index is 979. The SMILES string of the molecule is CCC(c1ccccc1)c1nnc(NC(=O)c2ccc(NC(=O)C3CC3)s2)s1. The van der Waals surface area contributed by atoms with E-state index in [1.165, 1.54) is 28.2 Å². The zero-order valence-electron chi connectivity index (χ0n) is 15.3. The highest BCUT2D eigenvalue weighted by atomic mass is 32.1. The maximum absolute atomic E-state index is 12.5. The maximum atomic E-state index is 12.5. The van der Waals surface area contributed by atoms with Gasteiger partial charge in [-0.3, -0.25) is 14.9 Å². The van der Waals surface area contributed by atoms with Crippen LogP contribution in [0.4, 0.5) is 10.1 Å². The minimum atomic E-state index is -0.243. The number of amides is 2. The van der Waals surface area contributed by atoms with Crippen molar-refractivity contribution in [3.8, 4) is 0 Å². The summed E-state index contributed by atoms with van der Waals surface area (Å²) in [6.07, 6.45) is 2.80. The van der Waals surface area contributed by atoms with Crippen molar-refractivity contribution >= 4 is 44.6 Å². The lowest BCUT2D eigenvalue weighted by atomic mass is 9.97. The number of nitrogens with zero attached hydrogens (tertiary/aromatic N) is 2. The highest BCUT2D eigenvalue weighted by molar-refractivity contribution is 7.18. The van der Waals surface area contributed by atoms with Gasteiger partial charge in [-0.25, -0.2) is 0 Å². The Morgan fingerprint density at radius 3 is 2.57 bits per heavy atom. The summed E-state index contributed by atoms with van der Waals surface area (Å²) in [4.78, 5) is 24.9. The van der Waals surface area contributed by atoms with Gasteiger partial charge >= 0.3 is 0 Å². The number of aromatic nitrogens is 2. The molecule has 0 aliphatic heterocycles. The van der Waals surface area contributed by atoms with Crippen molar-refractivity contribution in [1.29, 1.82) is 0 Å². The number of carbonyl (C=O) groups excluding carboxylic acids is 2. The van der Waals surface area contributed by atoms with Crippen LogP contribution >= 0.6 is 22.7 Å². The zero-order valence-corrected chi connectivity index (χ0v) is 17.0. The average molecular weight is 413 g/mol.